The SMILES string of the molecule is CCCNCc1cc(S(=O)(=O)N2CCN(C)CC2)cn1C. The normalized spacial score (nSPS) is 18.2. The molecule has 0 aromatic carbocycles. The standard InChI is InChI=1S/C14H26N4O2S/c1-4-5-15-11-13-10-14(12-17(13)3)21(19,20)18-8-6-16(2)7-9-18/h10,12,15H,4-9,11H2,1-3H3. The monoisotopic (exact) mass is 314 g/mol. The molecular weight excluding hydrogens is 288 g/mol. The van der Waals surface area contributed by atoms with Gasteiger partial charge in [-0.1, -0.05) is 6.92 Å². The van der Waals surface area contributed by atoms with Gasteiger partial charge in [-0.05, 0) is 26.1 Å². The highest BCUT2D eigenvalue weighted by molar-refractivity contribution is 7.89. The Morgan fingerprint density at radius 3 is 2.48 bits per heavy atom. The first kappa shape index (κ1) is 16.5. The zero-order chi connectivity index (χ0) is 15.5. The van der Waals surface area contributed by atoms with E-state index >= 15 is 0 Å². The van der Waals surface area contributed by atoms with E-state index in [2.05, 4.69) is 17.1 Å². The van der Waals surface area contributed by atoms with Crippen molar-refractivity contribution in [2.75, 3.05) is 39.8 Å². The molecule has 1 fully saturated rings. The van der Waals surface area contributed by atoms with Crippen molar-refractivity contribution in [3.05, 3.63) is 18.0 Å². The van der Waals surface area contributed by atoms with E-state index in [0.717, 1.165) is 31.7 Å². The van der Waals surface area contributed by atoms with Gasteiger partial charge in [0.15, 0.2) is 0 Å². The van der Waals surface area contributed by atoms with Crippen LogP contribution in [0, 0.1) is 0 Å². The van der Waals surface area contributed by atoms with Crippen LogP contribution in [0.4, 0.5) is 0 Å². The van der Waals surface area contributed by atoms with Crippen molar-refractivity contribution in [2.45, 2.75) is 24.8 Å². The lowest BCUT2D eigenvalue weighted by Crippen LogP contribution is -2.46. The summed E-state index contributed by atoms with van der Waals surface area (Å²) < 4.78 is 28.8. The average molecular weight is 314 g/mol. The fourth-order valence-electron chi connectivity index (χ4n) is 2.46. The van der Waals surface area contributed by atoms with Gasteiger partial charge in [0, 0.05) is 51.7 Å². The summed E-state index contributed by atoms with van der Waals surface area (Å²) in [5.41, 5.74) is 0.996. The fraction of sp³-hybridized carbons (Fsp3) is 0.714. The number of rotatable bonds is 6. The molecule has 120 valence electrons. The fourth-order valence-corrected chi connectivity index (χ4v) is 3.98. The van der Waals surface area contributed by atoms with Crippen LogP contribution in [0.1, 0.15) is 19.0 Å². The van der Waals surface area contributed by atoms with Crippen molar-refractivity contribution in [3.8, 4) is 0 Å². The quantitative estimate of drug-likeness (QED) is 0.775. The van der Waals surface area contributed by atoms with Crippen molar-refractivity contribution in [2.24, 2.45) is 7.05 Å². The number of nitrogens with one attached hydrogen (secondary N) is 1. The molecule has 0 unspecified atom stereocenters. The Morgan fingerprint density at radius 1 is 1.19 bits per heavy atom. The van der Waals surface area contributed by atoms with Crippen LogP contribution in [-0.2, 0) is 23.6 Å². The van der Waals surface area contributed by atoms with Gasteiger partial charge in [-0.25, -0.2) is 8.42 Å². The maximum Gasteiger partial charge on any atom is 0.244 e. The minimum absolute atomic E-state index is 0.405. The van der Waals surface area contributed by atoms with Crippen molar-refractivity contribution in [1.29, 1.82) is 0 Å². The minimum Gasteiger partial charge on any atom is -0.352 e. The topological polar surface area (TPSA) is 57.6 Å². The third kappa shape index (κ3) is 3.85. The molecule has 0 atom stereocenters. The number of nitrogens with zero attached hydrogens (tertiary/aromatic N) is 3. The molecule has 2 heterocycles. The average Bonchev–Trinajstić information content (AvgIpc) is 2.82. The Morgan fingerprint density at radius 2 is 1.86 bits per heavy atom. The van der Waals surface area contributed by atoms with Crippen LogP contribution >= 0.6 is 0 Å². The Balaban J connectivity index is 2.11. The van der Waals surface area contributed by atoms with E-state index in [1.807, 2.05) is 18.7 Å². The van der Waals surface area contributed by atoms with Gasteiger partial charge in [0.1, 0.15) is 4.90 Å². The smallest absolute Gasteiger partial charge is 0.244 e. The maximum atomic E-state index is 12.7. The largest absolute Gasteiger partial charge is 0.352 e. The van der Waals surface area contributed by atoms with Gasteiger partial charge < -0.3 is 14.8 Å². The van der Waals surface area contributed by atoms with E-state index in [-0.39, 0.29) is 0 Å². The van der Waals surface area contributed by atoms with Crippen molar-refractivity contribution in [1.82, 2.24) is 19.1 Å². The van der Waals surface area contributed by atoms with Crippen molar-refractivity contribution < 1.29 is 8.42 Å². The van der Waals surface area contributed by atoms with Gasteiger partial charge in [0.05, 0.1) is 0 Å². The number of aromatic nitrogens is 1. The Bertz CT molecular complexity index is 560. The molecule has 21 heavy (non-hydrogen) atoms. The molecular formula is C14H26N4O2S. The predicted molar refractivity (Wildman–Crippen MR) is 83.7 cm³/mol. The lowest BCUT2D eigenvalue weighted by Gasteiger charge is -2.31. The zero-order valence-electron chi connectivity index (χ0n) is 13.2. The molecule has 0 bridgehead atoms. The van der Waals surface area contributed by atoms with E-state index in [4.69, 9.17) is 0 Å². The van der Waals surface area contributed by atoms with Gasteiger partial charge in [-0.15, -0.1) is 0 Å². The van der Waals surface area contributed by atoms with Crippen LogP contribution in [0.15, 0.2) is 17.2 Å². The molecule has 2 rings (SSSR count). The molecule has 7 heteroatoms. The highest BCUT2D eigenvalue weighted by Gasteiger charge is 2.28. The lowest BCUT2D eigenvalue weighted by molar-refractivity contribution is 0.222. The number of aryl methyl sites for hydroxylation is 1. The number of hydrogen-bond acceptors (Lipinski definition) is 4. The molecule has 1 aliphatic heterocycles. The third-order valence-corrected chi connectivity index (χ3v) is 5.78. The molecule has 1 saturated heterocycles. The highest BCUT2D eigenvalue weighted by Crippen LogP contribution is 2.19. The third-order valence-electron chi connectivity index (χ3n) is 3.92. The predicted octanol–water partition coefficient (Wildman–Crippen LogP) is 0.461. The van der Waals surface area contributed by atoms with E-state index in [1.165, 1.54) is 0 Å². The summed E-state index contributed by atoms with van der Waals surface area (Å²) in [7, 11) is 0.553. The molecule has 0 spiro atoms. The molecule has 1 aliphatic rings. The van der Waals surface area contributed by atoms with Crippen molar-refractivity contribution in [3.63, 3.8) is 0 Å². The van der Waals surface area contributed by atoms with Crippen LogP contribution in [0.2, 0.25) is 0 Å². The second kappa shape index (κ2) is 6.91. The van der Waals surface area contributed by atoms with Gasteiger partial charge in [0.25, 0.3) is 0 Å². The number of sulfonamides is 1. The second-order valence-electron chi connectivity index (χ2n) is 5.66. The molecule has 1 N–H and O–H groups in total. The van der Waals surface area contributed by atoms with Crippen LogP contribution < -0.4 is 5.32 Å². The van der Waals surface area contributed by atoms with E-state index in [1.54, 1.807) is 16.6 Å². The van der Waals surface area contributed by atoms with Crippen LogP contribution in [0.25, 0.3) is 0 Å². The van der Waals surface area contributed by atoms with Gasteiger partial charge in [-0.2, -0.15) is 4.31 Å². The van der Waals surface area contributed by atoms with E-state index in [0.29, 0.717) is 24.5 Å². The summed E-state index contributed by atoms with van der Waals surface area (Å²) in [6.07, 6.45) is 2.79. The molecule has 0 aliphatic carbocycles. The van der Waals surface area contributed by atoms with E-state index in [9.17, 15) is 8.42 Å². The molecule has 1 aromatic heterocycles. The van der Waals surface area contributed by atoms with Gasteiger partial charge in [-0.3, -0.25) is 0 Å². The first-order chi connectivity index (χ1) is 9.95. The molecule has 1 aromatic rings. The molecule has 6 nitrogen and oxygen atoms in total. The summed E-state index contributed by atoms with van der Waals surface area (Å²) in [4.78, 5) is 2.56. The summed E-state index contributed by atoms with van der Waals surface area (Å²) in [5.74, 6) is 0. The number of piperazine rings is 1. The lowest BCUT2D eigenvalue weighted by atomic mass is 10.4. The molecule has 0 radical (unpaired) electrons. The van der Waals surface area contributed by atoms with Crippen LogP contribution in [-0.4, -0.2) is 62.0 Å². The Labute approximate surface area is 127 Å². The summed E-state index contributed by atoms with van der Waals surface area (Å²) >= 11 is 0. The van der Waals surface area contributed by atoms with Crippen molar-refractivity contribution >= 4 is 10.0 Å². The van der Waals surface area contributed by atoms with Crippen LogP contribution in [0.5, 0.6) is 0 Å². The van der Waals surface area contributed by atoms with Gasteiger partial charge >= 0.3 is 0 Å². The highest BCUT2D eigenvalue weighted by atomic mass is 32.2. The van der Waals surface area contributed by atoms with Crippen LogP contribution in [0.3, 0.4) is 0 Å². The van der Waals surface area contributed by atoms with E-state index < -0.39 is 10.0 Å². The number of hydrogen-bond donors (Lipinski definition) is 1. The number of likely N-dealkylation sites (N-methyl/N-ethyl adjacent to an activating group) is 1. The molecule has 0 amide bonds. The Hall–Kier alpha value is -0.890. The first-order valence-electron chi connectivity index (χ1n) is 7.49. The second-order valence-corrected chi connectivity index (χ2v) is 7.60. The Kier molecular flexibility index (Phi) is 5.43. The first-order valence-corrected chi connectivity index (χ1v) is 8.94. The molecule has 0 saturated carbocycles. The zero-order valence-corrected chi connectivity index (χ0v) is 14.0. The summed E-state index contributed by atoms with van der Waals surface area (Å²) in [6, 6.07) is 1.79. The minimum atomic E-state index is -3.36. The van der Waals surface area contributed by atoms with Gasteiger partial charge in [0.2, 0.25) is 10.0 Å². The summed E-state index contributed by atoms with van der Waals surface area (Å²) in [6.45, 7) is 6.46. The summed E-state index contributed by atoms with van der Waals surface area (Å²) in [5, 5.41) is 3.31. The maximum absolute atomic E-state index is 12.7.